The van der Waals surface area contributed by atoms with Crippen LogP contribution in [0.1, 0.15) is 35.1 Å². The SMILES string of the molecule is CCc1ncc(/C=C/Cc2ccc(C)cc2C)[nH]1. The molecule has 2 nitrogen and oxygen atoms in total. The molecule has 0 spiro atoms. The lowest BCUT2D eigenvalue weighted by Gasteiger charge is -2.03. The van der Waals surface area contributed by atoms with Crippen LogP contribution in [0.15, 0.2) is 30.5 Å². The Kier molecular flexibility index (Phi) is 3.98. The van der Waals surface area contributed by atoms with Gasteiger partial charge >= 0.3 is 0 Å². The Morgan fingerprint density at radius 2 is 2.11 bits per heavy atom. The summed E-state index contributed by atoms with van der Waals surface area (Å²) >= 11 is 0. The molecule has 0 radical (unpaired) electrons. The summed E-state index contributed by atoms with van der Waals surface area (Å²) in [5.41, 5.74) is 5.14. The minimum absolute atomic E-state index is 0.949. The Balaban J connectivity index is 2.02. The van der Waals surface area contributed by atoms with E-state index >= 15 is 0 Å². The number of H-pyrrole nitrogens is 1. The van der Waals surface area contributed by atoms with Gasteiger partial charge in [0.2, 0.25) is 0 Å². The number of allylic oxidation sites excluding steroid dienone is 1. The molecule has 0 aliphatic rings. The Morgan fingerprint density at radius 3 is 2.78 bits per heavy atom. The van der Waals surface area contributed by atoms with E-state index < -0.39 is 0 Å². The molecule has 0 amide bonds. The Labute approximate surface area is 109 Å². The normalized spacial score (nSPS) is 11.3. The molecule has 2 heteroatoms. The fourth-order valence-corrected chi connectivity index (χ4v) is 2.03. The zero-order chi connectivity index (χ0) is 13.0. The van der Waals surface area contributed by atoms with Crippen molar-refractivity contribution in [2.75, 3.05) is 0 Å². The van der Waals surface area contributed by atoms with Gasteiger partial charge in [-0.05, 0) is 37.5 Å². The van der Waals surface area contributed by atoms with Gasteiger partial charge < -0.3 is 4.98 Å². The molecular formula is C16H20N2. The Bertz CT molecular complexity index is 550. The molecule has 0 aliphatic heterocycles. The third-order valence-electron chi connectivity index (χ3n) is 3.12. The number of imidazole rings is 1. The van der Waals surface area contributed by atoms with Crippen molar-refractivity contribution in [1.29, 1.82) is 0 Å². The fourth-order valence-electron chi connectivity index (χ4n) is 2.03. The van der Waals surface area contributed by atoms with Crippen LogP contribution in [0.3, 0.4) is 0 Å². The van der Waals surface area contributed by atoms with Crippen LogP contribution in [-0.4, -0.2) is 9.97 Å². The molecular weight excluding hydrogens is 220 g/mol. The van der Waals surface area contributed by atoms with Crippen LogP contribution >= 0.6 is 0 Å². The van der Waals surface area contributed by atoms with Gasteiger partial charge in [0.25, 0.3) is 0 Å². The molecule has 0 saturated heterocycles. The topological polar surface area (TPSA) is 28.7 Å². The summed E-state index contributed by atoms with van der Waals surface area (Å²) in [5, 5.41) is 0. The lowest BCUT2D eigenvalue weighted by Crippen LogP contribution is -1.87. The fraction of sp³-hybridized carbons (Fsp3) is 0.312. The number of aromatic nitrogens is 2. The van der Waals surface area contributed by atoms with E-state index in [9.17, 15) is 0 Å². The van der Waals surface area contributed by atoms with Crippen molar-refractivity contribution in [3.63, 3.8) is 0 Å². The van der Waals surface area contributed by atoms with Crippen molar-refractivity contribution in [3.8, 4) is 0 Å². The smallest absolute Gasteiger partial charge is 0.106 e. The van der Waals surface area contributed by atoms with Gasteiger partial charge in [-0.1, -0.05) is 36.8 Å². The second-order valence-corrected chi connectivity index (χ2v) is 4.68. The zero-order valence-electron chi connectivity index (χ0n) is 11.3. The van der Waals surface area contributed by atoms with Crippen LogP contribution in [0.5, 0.6) is 0 Å². The predicted molar refractivity (Wildman–Crippen MR) is 76.6 cm³/mol. The summed E-state index contributed by atoms with van der Waals surface area (Å²) in [5.74, 6) is 1.04. The molecule has 2 aromatic rings. The van der Waals surface area contributed by atoms with Crippen LogP contribution in [0.25, 0.3) is 6.08 Å². The highest BCUT2D eigenvalue weighted by molar-refractivity contribution is 5.45. The summed E-state index contributed by atoms with van der Waals surface area (Å²) in [6.07, 6.45) is 8.09. The maximum Gasteiger partial charge on any atom is 0.106 e. The lowest BCUT2D eigenvalue weighted by atomic mass is 10.0. The first-order chi connectivity index (χ1) is 8.69. The van der Waals surface area contributed by atoms with Crippen LogP contribution in [0.4, 0.5) is 0 Å². The van der Waals surface area contributed by atoms with Crippen LogP contribution in [0.2, 0.25) is 0 Å². The largest absolute Gasteiger partial charge is 0.343 e. The van der Waals surface area contributed by atoms with E-state index in [0.29, 0.717) is 0 Å². The third kappa shape index (κ3) is 3.10. The minimum atomic E-state index is 0.949. The van der Waals surface area contributed by atoms with E-state index in [1.54, 1.807) is 0 Å². The number of nitrogens with zero attached hydrogens (tertiary/aromatic N) is 1. The standard InChI is InChI=1S/C16H20N2/c1-4-16-17-11-15(18-16)7-5-6-14-9-8-12(2)10-13(14)3/h5,7-11H,4,6H2,1-3H3,(H,17,18)/b7-5+. The van der Waals surface area contributed by atoms with E-state index in [1.165, 1.54) is 16.7 Å². The number of hydrogen-bond donors (Lipinski definition) is 1. The van der Waals surface area contributed by atoms with Gasteiger partial charge in [-0.2, -0.15) is 0 Å². The van der Waals surface area contributed by atoms with Crippen molar-refractivity contribution in [2.45, 2.75) is 33.6 Å². The average Bonchev–Trinajstić information content (AvgIpc) is 2.80. The second kappa shape index (κ2) is 5.67. The number of benzene rings is 1. The van der Waals surface area contributed by atoms with E-state index in [4.69, 9.17) is 0 Å². The van der Waals surface area contributed by atoms with Gasteiger partial charge in [0, 0.05) is 6.42 Å². The summed E-state index contributed by atoms with van der Waals surface area (Å²) in [6, 6.07) is 6.61. The van der Waals surface area contributed by atoms with Crippen LogP contribution < -0.4 is 0 Å². The molecule has 2 rings (SSSR count). The maximum absolute atomic E-state index is 4.28. The first-order valence-corrected chi connectivity index (χ1v) is 6.45. The van der Waals surface area contributed by atoms with Gasteiger partial charge in [-0.25, -0.2) is 4.98 Å². The second-order valence-electron chi connectivity index (χ2n) is 4.68. The van der Waals surface area contributed by atoms with Gasteiger partial charge in [-0.3, -0.25) is 0 Å². The van der Waals surface area contributed by atoms with Crippen LogP contribution in [0, 0.1) is 13.8 Å². The zero-order valence-corrected chi connectivity index (χ0v) is 11.3. The van der Waals surface area contributed by atoms with Gasteiger partial charge in [0.15, 0.2) is 0 Å². The molecule has 0 bridgehead atoms. The molecule has 0 atom stereocenters. The molecule has 0 fully saturated rings. The molecule has 0 aliphatic carbocycles. The molecule has 18 heavy (non-hydrogen) atoms. The highest BCUT2D eigenvalue weighted by Gasteiger charge is 1.97. The molecule has 0 saturated carbocycles. The first-order valence-electron chi connectivity index (χ1n) is 6.45. The summed E-state index contributed by atoms with van der Waals surface area (Å²) in [6.45, 7) is 6.40. The quantitative estimate of drug-likeness (QED) is 0.864. The van der Waals surface area contributed by atoms with Gasteiger partial charge in [0.05, 0.1) is 11.9 Å². The first kappa shape index (κ1) is 12.6. The number of nitrogens with one attached hydrogen (secondary N) is 1. The minimum Gasteiger partial charge on any atom is -0.343 e. The molecule has 1 aromatic carbocycles. The number of rotatable bonds is 4. The highest BCUT2D eigenvalue weighted by atomic mass is 14.9. The van der Waals surface area contributed by atoms with Crippen molar-refractivity contribution >= 4 is 6.08 Å². The van der Waals surface area contributed by atoms with Gasteiger partial charge in [-0.15, -0.1) is 0 Å². The summed E-state index contributed by atoms with van der Waals surface area (Å²) < 4.78 is 0. The predicted octanol–water partition coefficient (Wildman–Crippen LogP) is 3.84. The van der Waals surface area contributed by atoms with E-state index in [-0.39, 0.29) is 0 Å². The lowest BCUT2D eigenvalue weighted by molar-refractivity contribution is 0.988. The third-order valence-corrected chi connectivity index (χ3v) is 3.12. The maximum atomic E-state index is 4.28. The Morgan fingerprint density at radius 1 is 1.28 bits per heavy atom. The number of aromatic amines is 1. The van der Waals surface area contributed by atoms with Crippen molar-refractivity contribution in [3.05, 3.63) is 58.7 Å². The molecule has 0 unspecified atom stereocenters. The van der Waals surface area contributed by atoms with Crippen molar-refractivity contribution < 1.29 is 0 Å². The molecule has 1 N–H and O–H groups in total. The summed E-state index contributed by atoms with van der Waals surface area (Å²) in [4.78, 5) is 7.56. The van der Waals surface area contributed by atoms with Crippen LogP contribution in [-0.2, 0) is 12.8 Å². The van der Waals surface area contributed by atoms with Crippen molar-refractivity contribution in [1.82, 2.24) is 9.97 Å². The monoisotopic (exact) mass is 240 g/mol. The molecule has 1 aromatic heterocycles. The average molecular weight is 240 g/mol. The van der Waals surface area contributed by atoms with E-state index in [2.05, 4.69) is 61.1 Å². The van der Waals surface area contributed by atoms with E-state index in [1.807, 2.05) is 6.20 Å². The molecule has 1 heterocycles. The number of aryl methyl sites for hydroxylation is 3. The number of hydrogen-bond acceptors (Lipinski definition) is 1. The van der Waals surface area contributed by atoms with Gasteiger partial charge in [0.1, 0.15) is 5.82 Å². The summed E-state index contributed by atoms with van der Waals surface area (Å²) in [7, 11) is 0. The van der Waals surface area contributed by atoms with E-state index in [0.717, 1.165) is 24.4 Å². The van der Waals surface area contributed by atoms with Crippen molar-refractivity contribution in [2.24, 2.45) is 0 Å². The Hall–Kier alpha value is -1.83. The highest BCUT2D eigenvalue weighted by Crippen LogP contribution is 2.12. The molecule has 94 valence electrons.